The molecule has 0 bridgehead atoms. The summed E-state index contributed by atoms with van der Waals surface area (Å²) in [5.41, 5.74) is 0.669. The molecule has 0 spiro atoms. The van der Waals surface area contributed by atoms with E-state index < -0.39 is 5.82 Å². The van der Waals surface area contributed by atoms with Crippen molar-refractivity contribution in [2.75, 3.05) is 20.7 Å². The lowest BCUT2D eigenvalue weighted by Crippen LogP contribution is -2.20. The van der Waals surface area contributed by atoms with E-state index in [4.69, 9.17) is 16.3 Å². The van der Waals surface area contributed by atoms with E-state index in [1.54, 1.807) is 7.05 Å². The van der Waals surface area contributed by atoms with Gasteiger partial charge in [0.25, 0.3) is 0 Å². The van der Waals surface area contributed by atoms with Gasteiger partial charge >= 0.3 is 0 Å². The number of hydrogen-bond donors (Lipinski definition) is 1. The van der Waals surface area contributed by atoms with Crippen LogP contribution in [0.4, 0.5) is 4.39 Å². The minimum Gasteiger partial charge on any atom is -0.380 e. The largest absolute Gasteiger partial charge is 0.380 e. The average molecular weight is 246 g/mol. The summed E-state index contributed by atoms with van der Waals surface area (Å²) in [5, 5.41) is 2.61. The molecule has 1 N–H and O–H groups in total. The molecule has 0 saturated heterocycles. The predicted octanol–water partition coefficient (Wildman–Crippen LogP) is 2.03. The third kappa shape index (κ3) is 3.01. The highest BCUT2D eigenvalue weighted by Crippen LogP contribution is 2.21. The summed E-state index contributed by atoms with van der Waals surface area (Å²) < 4.78 is 18.5. The van der Waals surface area contributed by atoms with Crippen molar-refractivity contribution in [2.45, 2.75) is 6.61 Å². The lowest BCUT2D eigenvalue weighted by Gasteiger charge is -2.07. The van der Waals surface area contributed by atoms with Crippen molar-refractivity contribution in [1.82, 2.24) is 5.32 Å². The molecule has 0 radical (unpaired) electrons. The molecular formula is C11H13ClFNO2. The molecule has 5 heteroatoms. The first-order chi connectivity index (χ1) is 7.60. The Labute approximate surface area is 98.5 Å². The van der Waals surface area contributed by atoms with Crippen molar-refractivity contribution >= 4 is 17.4 Å². The molecular weight excluding hydrogens is 233 g/mol. The Morgan fingerprint density at radius 2 is 2.25 bits per heavy atom. The van der Waals surface area contributed by atoms with E-state index in [1.165, 1.54) is 19.2 Å². The SMILES string of the molecule is CNCC(=O)c1cc(COC)cc(Cl)c1F. The van der Waals surface area contributed by atoms with Crippen molar-refractivity contribution in [3.63, 3.8) is 0 Å². The summed E-state index contributed by atoms with van der Waals surface area (Å²) >= 11 is 5.70. The van der Waals surface area contributed by atoms with Gasteiger partial charge in [-0.1, -0.05) is 11.6 Å². The molecule has 88 valence electrons. The second kappa shape index (κ2) is 5.94. The van der Waals surface area contributed by atoms with E-state index in [9.17, 15) is 9.18 Å². The molecule has 0 aliphatic rings. The summed E-state index contributed by atoms with van der Waals surface area (Å²) in [6, 6.07) is 2.92. The number of methoxy groups -OCH3 is 1. The smallest absolute Gasteiger partial charge is 0.179 e. The molecule has 0 aliphatic heterocycles. The normalized spacial score (nSPS) is 10.5. The molecule has 0 saturated carbocycles. The quantitative estimate of drug-likeness (QED) is 0.807. The number of likely N-dealkylation sites (N-methyl/N-ethyl adjacent to an activating group) is 1. The molecule has 1 rings (SSSR count). The van der Waals surface area contributed by atoms with Crippen LogP contribution in [-0.2, 0) is 11.3 Å². The molecule has 3 nitrogen and oxygen atoms in total. The zero-order valence-corrected chi connectivity index (χ0v) is 9.90. The first-order valence-electron chi connectivity index (χ1n) is 4.74. The summed E-state index contributed by atoms with van der Waals surface area (Å²) in [4.78, 5) is 11.6. The third-order valence-electron chi connectivity index (χ3n) is 2.04. The maximum Gasteiger partial charge on any atom is 0.179 e. The number of carbonyl (C=O) groups is 1. The molecule has 0 heterocycles. The molecule has 16 heavy (non-hydrogen) atoms. The Bertz CT molecular complexity index is 396. The fraction of sp³-hybridized carbons (Fsp3) is 0.364. The van der Waals surface area contributed by atoms with Gasteiger partial charge in [-0.3, -0.25) is 4.79 Å². The van der Waals surface area contributed by atoms with Crippen molar-refractivity contribution in [3.8, 4) is 0 Å². The number of rotatable bonds is 5. The second-order valence-corrected chi connectivity index (χ2v) is 3.73. The average Bonchev–Trinajstić information content (AvgIpc) is 2.23. The minimum atomic E-state index is -0.679. The first kappa shape index (κ1) is 13.1. The van der Waals surface area contributed by atoms with Crippen LogP contribution in [0.3, 0.4) is 0 Å². The molecule has 1 aromatic rings. The topological polar surface area (TPSA) is 38.3 Å². The van der Waals surface area contributed by atoms with Crippen LogP contribution in [0.5, 0.6) is 0 Å². The molecule has 0 aliphatic carbocycles. The van der Waals surface area contributed by atoms with Crippen molar-refractivity contribution < 1.29 is 13.9 Å². The van der Waals surface area contributed by atoms with Gasteiger partial charge in [-0.25, -0.2) is 4.39 Å². The lowest BCUT2D eigenvalue weighted by atomic mass is 10.1. The second-order valence-electron chi connectivity index (χ2n) is 3.33. The molecule has 0 unspecified atom stereocenters. The Hall–Kier alpha value is -0.970. The first-order valence-corrected chi connectivity index (χ1v) is 5.12. The van der Waals surface area contributed by atoms with Gasteiger partial charge < -0.3 is 10.1 Å². The highest BCUT2D eigenvalue weighted by Gasteiger charge is 2.15. The van der Waals surface area contributed by atoms with Crippen LogP contribution in [0.15, 0.2) is 12.1 Å². The van der Waals surface area contributed by atoms with Gasteiger partial charge in [0.2, 0.25) is 0 Å². The van der Waals surface area contributed by atoms with Gasteiger partial charge in [-0.15, -0.1) is 0 Å². The van der Waals surface area contributed by atoms with Crippen LogP contribution in [0, 0.1) is 5.82 Å². The minimum absolute atomic E-state index is 0.00565. The molecule has 1 aromatic carbocycles. The van der Waals surface area contributed by atoms with Crippen molar-refractivity contribution in [2.24, 2.45) is 0 Å². The van der Waals surface area contributed by atoms with Crippen LogP contribution >= 0.6 is 11.6 Å². The summed E-state index contributed by atoms with van der Waals surface area (Å²) in [5.74, 6) is -1.01. The summed E-state index contributed by atoms with van der Waals surface area (Å²) in [6.45, 7) is 0.365. The number of ether oxygens (including phenoxy) is 1. The number of hydrogen-bond acceptors (Lipinski definition) is 3. The van der Waals surface area contributed by atoms with Crippen molar-refractivity contribution in [1.29, 1.82) is 0 Å². The van der Waals surface area contributed by atoms with Gasteiger partial charge in [-0.05, 0) is 24.7 Å². The predicted molar refractivity (Wildman–Crippen MR) is 60.4 cm³/mol. The van der Waals surface area contributed by atoms with Crippen LogP contribution in [0.1, 0.15) is 15.9 Å². The monoisotopic (exact) mass is 245 g/mol. The molecule has 0 aromatic heterocycles. The van der Waals surface area contributed by atoms with Gasteiger partial charge in [0.05, 0.1) is 23.7 Å². The van der Waals surface area contributed by atoms with Gasteiger partial charge in [-0.2, -0.15) is 0 Å². The lowest BCUT2D eigenvalue weighted by molar-refractivity contribution is 0.0989. The molecule has 0 fully saturated rings. The summed E-state index contributed by atoms with van der Waals surface area (Å²) in [7, 11) is 3.14. The zero-order valence-electron chi connectivity index (χ0n) is 9.14. The standard InChI is InChI=1S/C11H13ClFNO2/c1-14-5-10(15)8-3-7(6-16-2)4-9(12)11(8)13/h3-4,14H,5-6H2,1-2H3. The number of halogens is 2. The Kier molecular flexibility index (Phi) is 4.86. The molecule has 0 amide bonds. The van der Waals surface area contributed by atoms with Crippen LogP contribution in [0.2, 0.25) is 5.02 Å². The zero-order chi connectivity index (χ0) is 12.1. The van der Waals surface area contributed by atoms with Crippen LogP contribution in [0.25, 0.3) is 0 Å². The van der Waals surface area contributed by atoms with E-state index in [0.29, 0.717) is 12.2 Å². The summed E-state index contributed by atoms with van der Waals surface area (Å²) in [6.07, 6.45) is 0. The Morgan fingerprint density at radius 1 is 1.56 bits per heavy atom. The van der Waals surface area contributed by atoms with Crippen molar-refractivity contribution in [3.05, 3.63) is 34.1 Å². The number of nitrogens with one attached hydrogen (secondary N) is 1. The Balaban J connectivity index is 3.10. The maximum atomic E-state index is 13.6. The van der Waals surface area contributed by atoms with E-state index >= 15 is 0 Å². The highest BCUT2D eigenvalue weighted by molar-refractivity contribution is 6.31. The van der Waals surface area contributed by atoms with E-state index in [2.05, 4.69) is 5.32 Å². The fourth-order valence-electron chi connectivity index (χ4n) is 1.35. The van der Waals surface area contributed by atoms with Crippen LogP contribution in [-0.4, -0.2) is 26.5 Å². The number of carbonyl (C=O) groups excluding carboxylic acids is 1. The van der Waals surface area contributed by atoms with Gasteiger partial charge in [0, 0.05) is 7.11 Å². The number of Topliss-reactive ketones (excluding diaryl/α,β-unsaturated/α-hetero) is 1. The van der Waals surface area contributed by atoms with E-state index in [-0.39, 0.29) is 22.9 Å². The highest BCUT2D eigenvalue weighted by atomic mass is 35.5. The fourth-order valence-corrected chi connectivity index (χ4v) is 1.60. The van der Waals surface area contributed by atoms with Crippen LogP contribution < -0.4 is 5.32 Å². The van der Waals surface area contributed by atoms with E-state index in [1.807, 2.05) is 0 Å². The number of benzene rings is 1. The maximum absolute atomic E-state index is 13.6. The Morgan fingerprint density at radius 3 is 2.81 bits per heavy atom. The van der Waals surface area contributed by atoms with Gasteiger partial charge in [0.1, 0.15) is 0 Å². The number of ketones is 1. The molecule has 0 atom stereocenters. The van der Waals surface area contributed by atoms with E-state index in [0.717, 1.165) is 0 Å². The third-order valence-corrected chi connectivity index (χ3v) is 2.31. The van der Waals surface area contributed by atoms with Gasteiger partial charge in [0.15, 0.2) is 11.6 Å².